The summed E-state index contributed by atoms with van der Waals surface area (Å²) in [6.07, 6.45) is 6.00. The van der Waals surface area contributed by atoms with Crippen LogP contribution in [0.3, 0.4) is 0 Å². The molecule has 0 radical (unpaired) electrons. The minimum absolute atomic E-state index is 0.307. The van der Waals surface area contributed by atoms with E-state index in [-0.39, 0.29) is 0 Å². The van der Waals surface area contributed by atoms with E-state index < -0.39 is 0 Å². The first-order valence-electron chi connectivity index (χ1n) is 4.28. The number of likely N-dealkylation sites (N-methyl/N-ethyl adjacent to an activating group) is 1. The summed E-state index contributed by atoms with van der Waals surface area (Å²) in [6, 6.07) is 0.307. The summed E-state index contributed by atoms with van der Waals surface area (Å²) >= 11 is 0. The number of nitrogens with zero attached hydrogens (tertiary/aromatic N) is 2. The molecular weight excluding hydrogens is 166 g/mol. The standard InChI is InChI=1S/C9H15N3O/c1-10-9(7-13-2)5-8-6-11-3-4-12-8/h3-4,6,9-10H,5,7H2,1-2H3. The van der Waals surface area contributed by atoms with E-state index in [1.807, 2.05) is 7.05 Å². The van der Waals surface area contributed by atoms with Crippen molar-refractivity contribution in [1.82, 2.24) is 15.3 Å². The van der Waals surface area contributed by atoms with Crippen molar-refractivity contribution in [1.29, 1.82) is 0 Å². The Bertz CT molecular complexity index is 228. The quantitative estimate of drug-likeness (QED) is 0.707. The van der Waals surface area contributed by atoms with Crippen molar-refractivity contribution in [3.63, 3.8) is 0 Å². The normalized spacial score (nSPS) is 12.8. The van der Waals surface area contributed by atoms with Crippen LogP contribution in [0.15, 0.2) is 18.6 Å². The number of hydrogen-bond donors (Lipinski definition) is 1. The molecule has 0 bridgehead atoms. The van der Waals surface area contributed by atoms with Gasteiger partial charge in [0.05, 0.1) is 12.3 Å². The van der Waals surface area contributed by atoms with Crippen LogP contribution in [0.5, 0.6) is 0 Å². The van der Waals surface area contributed by atoms with E-state index in [0.717, 1.165) is 12.1 Å². The Morgan fingerprint density at radius 2 is 2.38 bits per heavy atom. The molecule has 1 heterocycles. The van der Waals surface area contributed by atoms with E-state index in [0.29, 0.717) is 12.6 Å². The first-order chi connectivity index (χ1) is 6.36. The average Bonchev–Trinajstić information content (AvgIpc) is 2.19. The maximum atomic E-state index is 5.06. The zero-order chi connectivity index (χ0) is 9.52. The summed E-state index contributed by atoms with van der Waals surface area (Å²) in [6.45, 7) is 0.688. The largest absolute Gasteiger partial charge is 0.383 e. The molecule has 1 rings (SSSR count). The smallest absolute Gasteiger partial charge is 0.0619 e. The van der Waals surface area contributed by atoms with Crippen LogP contribution in [0.2, 0.25) is 0 Å². The highest BCUT2D eigenvalue weighted by atomic mass is 16.5. The van der Waals surface area contributed by atoms with E-state index in [2.05, 4.69) is 15.3 Å². The van der Waals surface area contributed by atoms with Gasteiger partial charge in [-0.05, 0) is 7.05 Å². The number of ether oxygens (including phenoxy) is 1. The van der Waals surface area contributed by atoms with Crippen LogP contribution in [0.25, 0.3) is 0 Å². The van der Waals surface area contributed by atoms with E-state index in [1.165, 1.54) is 0 Å². The molecule has 1 aromatic rings. The van der Waals surface area contributed by atoms with Gasteiger partial charge >= 0.3 is 0 Å². The van der Waals surface area contributed by atoms with E-state index >= 15 is 0 Å². The van der Waals surface area contributed by atoms with Gasteiger partial charge in [0.2, 0.25) is 0 Å². The fourth-order valence-electron chi connectivity index (χ4n) is 1.13. The molecule has 0 amide bonds. The third kappa shape index (κ3) is 3.48. The average molecular weight is 181 g/mol. The summed E-state index contributed by atoms with van der Waals surface area (Å²) in [5.41, 5.74) is 0.985. The third-order valence-electron chi connectivity index (χ3n) is 1.85. The van der Waals surface area contributed by atoms with E-state index in [1.54, 1.807) is 25.7 Å². The number of hydrogen-bond acceptors (Lipinski definition) is 4. The van der Waals surface area contributed by atoms with Gasteiger partial charge in [0.1, 0.15) is 0 Å². The Balaban J connectivity index is 2.46. The first-order valence-corrected chi connectivity index (χ1v) is 4.28. The molecule has 0 aliphatic heterocycles. The zero-order valence-corrected chi connectivity index (χ0v) is 8.03. The molecule has 13 heavy (non-hydrogen) atoms. The molecule has 0 saturated carbocycles. The van der Waals surface area contributed by atoms with Crippen molar-refractivity contribution in [3.8, 4) is 0 Å². The summed E-state index contributed by atoms with van der Waals surface area (Å²) in [7, 11) is 3.61. The van der Waals surface area contributed by atoms with Crippen LogP contribution < -0.4 is 5.32 Å². The number of aromatic nitrogens is 2. The molecular formula is C9H15N3O. The molecule has 72 valence electrons. The predicted molar refractivity (Wildman–Crippen MR) is 50.5 cm³/mol. The molecule has 0 spiro atoms. The van der Waals surface area contributed by atoms with Crippen molar-refractivity contribution in [2.45, 2.75) is 12.5 Å². The van der Waals surface area contributed by atoms with Crippen LogP contribution in [0, 0.1) is 0 Å². The van der Waals surface area contributed by atoms with Crippen molar-refractivity contribution in [3.05, 3.63) is 24.3 Å². The maximum Gasteiger partial charge on any atom is 0.0619 e. The SMILES string of the molecule is CNC(COC)Cc1cnccn1. The summed E-state index contributed by atoms with van der Waals surface area (Å²) < 4.78 is 5.06. The molecule has 1 unspecified atom stereocenters. The highest BCUT2D eigenvalue weighted by Gasteiger charge is 2.06. The lowest BCUT2D eigenvalue weighted by Crippen LogP contribution is -2.32. The van der Waals surface area contributed by atoms with E-state index in [9.17, 15) is 0 Å². The molecule has 1 N–H and O–H groups in total. The van der Waals surface area contributed by atoms with E-state index in [4.69, 9.17) is 4.74 Å². The van der Waals surface area contributed by atoms with Gasteiger partial charge in [0.15, 0.2) is 0 Å². The predicted octanol–water partition coefficient (Wildman–Crippen LogP) is 0.253. The van der Waals surface area contributed by atoms with Gasteiger partial charge in [0.25, 0.3) is 0 Å². The molecule has 0 aromatic carbocycles. The van der Waals surface area contributed by atoms with Crippen LogP contribution >= 0.6 is 0 Å². The Morgan fingerprint density at radius 1 is 1.54 bits per heavy atom. The van der Waals surface area contributed by atoms with Crippen LogP contribution in [0.4, 0.5) is 0 Å². The monoisotopic (exact) mass is 181 g/mol. The third-order valence-corrected chi connectivity index (χ3v) is 1.85. The van der Waals surface area contributed by atoms with Gasteiger partial charge in [-0.2, -0.15) is 0 Å². The fraction of sp³-hybridized carbons (Fsp3) is 0.556. The molecule has 4 nitrogen and oxygen atoms in total. The summed E-state index contributed by atoms with van der Waals surface area (Å²) in [4.78, 5) is 8.19. The molecule has 0 fully saturated rings. The second kappa shape index (κ2) is 5.61. The van der Waals surface area contributed by atoms with Gasteiger partial charge in [-0.3, -0.25) is 9.97 Å². The van der Waals surface area contributed by atoms with Crippen LogP contribution in [-0.2, 0) is 11.2 Å². The zero-order valence-electron chi connectivity index (χ0n) is 8.03. The number of nitrogens with one attached hydrogen (secondary N) is 1. The maximum absolute atomic E-state index is 5.06. The lowest BCUT2D eigenvalue weighted by molar-refractivity contribution is 0.169. The lowest BCUT2D eigenvalue weighted by atomic mass is 10.2. The van der Waals surface area contributed by atoms with Gasteiger partial charge in [-0.25, -0.2) is 0 Å². The molecule has 0 aliphatic carbocycles. The topological polar surface area (TPSA) is 47.0 Å². The fourth-order valence-corrected chi connectivity index (χ4v) is 1.13. The summed E-state index contributed by atoms with van der Waals surface area (Å²) in [5, 5.41) is 3.16. The number of methoxy groups -OCH3 is 1. The van der Waals surface area contributed by atoms with Crippen molar-refractivity contribution in [2.24, 2.45) is 0 Å². The van der Waals surface area contributed by atoms with Gasteiger partial charge < -0.3 is 10.1 Å². The van der Waals surface area contributed by atoms with Crippen molar-refractivity contribution >= 4 is 0 Å². The number of rotatable bonds is 5. The second-order valence-electron chi connectivity index (χ2n) is 2.84. The lowest BCUT2D eigenvalue weighted by Gasteiger charge is -2.13. The van der Waals surface area contributed by atoms with Gasteiger partial charge in [-0.1, -0.05) is 0 Å². The van der Waals surface area contributed by atoms with Gasteiger partial charge in [0, 0.05) is 38.2 Å². The highest BCUT2D eigenvalue weighted by molar-refractivity contribution is 4.97. The van der Waals surface area contributed by atoms with Crippen molar-refractivity contribution in [2.75, 3.05) is 20.8 Å². The Hall–Kier alpha value is -1.00. The molecule has 0 saturated heterocycles. The van der Waals surface area contributed by atoms with Crippen LogP contribution in [-0.4, -0.2) is 36.8 Å². The molecule has 0 aliphatic rings. The van der Waals surface area contributed by atoms with Crippen LogP contribution in [0.1, 0.15) is 5.69 Å². The van der Waals surface area contributed by atoms with Crippen molar-refractivity contribution < 1.29 is 4.74 Å². The first kappa shape index (κ1) is 10.1. The second-order valence-corrected chi connectivity index (χ2v) is 2.84. The minimum Gasteiger partial charge on any atom is -0.383 e. The molecule has 1 atom stereocenters. The Labute approximate surface area is 78.4 Å². The highest BCUT2D eigenvalue weighted by Crippen LogP contribution is 1.97. The Morgan fingerprint density at radius 3 is 2.92 bits per heavy atom. The summed E-state index contributed by atoms with van der Waals surface area (Å²) in [5.74, 6) is 0. The Kier molecular flexibility index (Phi) is 4.35. The molecule has 1 aromatic heterocycles. The molecule has 4 heteroatoms. The van der Waals surface area contributed by atoms with Gasteiger partial charge in [-0.15, -0.1) is 0 Å². The minimum atomic E-state index is 0.307.